The first kappa shape index (κ1) is 26.4. The van der Waals surface area contributed by atoms with Gasteiger partial charge in [0, 0.05) is 6.42 Å². The summed E-state index contributed by atoms with van der Waals surface area (Å²) in [6, 6.07) is 0. The minimum atomic E-state index is -0.752. The summed E-state index contributed by atoms with van der Waals surface area (Å²) in [5.41, 5.74) is -0.733. The number of allylic oxidation sites excluding steroid dienone is 2. The van der Waals surface area contributed by atoms with Crippen molar-refractivity contribution in [2.24, 2.45) is 34.5 Å². The Labute approximate surface area is 207 Å². The number of hydrogen-bond donors (Lipinski definition) is 2. The van der Waals surface area contributed by atoms with Crippen LogP contribution in [0.2, 0.25) is 0 Å². The van der Waals surface area contributed by atoms with Crippen LogP contribution in [0, 0.1) is 34.5 Å². The monoisotopic (exact) mass is 474 g/mol. The van der Waals surface area contributed by atoms with Gasteiger partial charge in [0.15, 0.2) is 5.78 Å². The molecular formula is C30H50O4. The molecule has 0 bridgehead atoms. The predicted molar refractivity (Wildman–Crippen MR) is 136 cm³/mol. The first-order valence-corrected chi connectivity index (χ1v) is 13.8. The van der Waals surface area contributed by atoms with Gasteiger partial charge in [-0.3, -0.25) is 4.79 Å². The van der Waals surface area contributed by atoms with Crippen molar-refractivity contribution in [3.8, 4) is 0 Å². The molecule has 1 saturated heterocycles. The molecule has 0 spiro atoms. The third kappa shape index (κ3) is 4.24. The quantitative estimate of drug-likeness (QED) is 0.476. The van der Waals surface area contributed by atoms with E-state index in [-0.39, 0.29) is 28.6 Å². The van der Waals surface area contributed by atoms with Gasteiger partial charge < -0.3 is 14.9 Å². The Bertz CT molecular complexity index is 835. The van der Waals surface area contributed by atoms with Gasteiger partial charge in [0.1, 0.15) is 5.60 Å². The molecule has 2 saturated carbocycles. The van der Waals surface area contributed by atoms with E-state index in [9.17, 15) is 15.0 Å². The van der Waals surface area contributed by atoms with Crippen LogP contribution in [-0.4, -0.2) is 38.9 Å². The van der Waals surface area contributed by atoms with Crippen molar-refractivity contribution in [2.45, 2.75) is 136 Å². The lowest BCUT2D eigenvalue weighted by Gasteiger charge is -2.54. The van der Waals surface area contributed by atoms with Crippen LogP contribution in [0.25, 0.3) is 0 Å². The van der Waals surface area contributed by atoms with Crippen LogP contribution < -0.4 is 0 Å². The van der Waals surface area contributed by atoms with E-state index >= 15 is 0 Å². The van der Waals surface area contributed by atoms with Crippen molar-refractivity contribution < 1.29 is 19.7 Å². The molecular weight excluding hydrogens is 424 g/mol. The van der Waals surface area contributed by atoms with Gasteiger partial charge in [-0.15, -0.1) is 0 Å². The van der Waals surface area contributed by atoms with E-state index in [1.54, 1.807) is 0 Å². The molecule has 0 radical (unpaired) electrons. The maximum absolute atomic E-state index is 12.8. The summed E-state index contributed by atoms with van der Waals surface area (Å²) in [6.45, 7) is 17.3. The van der Waals surface area contributed by atoms with Crippen LogP contribution in [0.5, 0.6) is 0 Å². The molecule has 8 atom stereocenters. The summed E-state index contributed by atoms with van der Waals surface area (Å²) >= 11 is 0. The maximum atomic E-state index is 12.8. The molecule has 4 rings (SSSR count). The number of fused-ring (bicyclic) bond motifs is 2. The second-order valence-corrected chi connectivity index (χ2v) is 14.2. The fourth-order valence-corrected chi connectivity index (χ4v) is 8.95. The third-order valence-corrected chi connectivity index (χ3v) is 11.3. The van der Waals surface area contributed by atoms with Crippen LogP contribution in [0.3, 0.4) is 0 Å². The zero-order valence-corrected chi connectivity index (χ0v) is 23.0. The molecule has 4 nitrogen and oxygen atoms in total. The van der Waals surface area contributed by atoms with Crippen molar-refractivity contribution in [2.75, 3.05) is 0 Å². The zero-order valence-electron chi connectivity index (χ0n) is 23.0. The lowest BCUT2D eigenvalue weighted by molar-refractivity contribution is -0.196. The molecule has 4 heteroatoms. The summed E-state index contributed by atoms with van der Waals surface area (Å²) in [5.74, 6) is 1.54. The molecule has 4 aliphatic rings. The van der Waals surface area contributed by atoms with Crippen LogP contribution in [0.1, 0.15) is 113 Å². The molecule has 34 heavy (non-hydrogen) atoms. The molecule has 194 valence electrons. The number of carbonyl (C=O) groups is 1. The van der Waals surface area contributed by atoms with E-state index in [1.165, 1.54) is 5.57 Å². The molecule has 2 N–H and O–H groups in total. The van der Waals surface area contributed by atoms with Crippen molar-refractivity contribution in [1.29, 1.82) is 0 Å². The number of rotatable bonds is 3. The topological polar surface area (TPSA) is 66.8 Å². The van der Waals surface area contributed by atoms with Crippen LogP contribution in [0.4, 0.5) is 0 Å². The summed E-state index contributed by atoms with van der Waals surface area (Å²) < 4.78 is 6.50. The van der Waals surface area contributed by atoms with Gasteiger partial charge in [0.05, 0.1) is 17.3 Å². The highest BCUT2D eigenvalue weighted by Crippen LogP contribution is 2.59. The normalized spacial score (nSPS) is 48.4. The highest BCUT2D eigenvalue weighted by Gasteiger charge is 2.57. The standard InChI is InChI=1S/C30H50O4/c1-19-9-10-22-21(13-17-29(22,7)32)26(2,3)20(19)11-12-23-28(6)16-14-24(31)27(4,5)34-25(28)15-18-30(23,8)33/h9,20-23,25,32-33H,10-18H2,1-8H3/t20-,21?,22?,23-,25?,28-,29-,30+/m1/s1. The average Bonchev–Trinajstić information content (AvgIpc) is 2.93. The number of carbonyl (C=O) groups excluding carboxylic acids is 1. The van der Waals surface area contributed by atoms with Gasteiger partial charge in [-0.25, -0.2) is 0 Å². The fourth-order valence-electron chi connectivity index (χ4n) is 8.95. The van der Waals surface area contributed by atoms with Crippen molar-refractivity contribution in [3.05, 3.63) is 11.6 Å². The summed E-state index contributed by atoms with van der Waals surface area (Å²) in [6.07, 6.45) is 10.2. The minimum absolute atomic E-state index is 0.00673. The minimum Gasteiger partial charge on any atom is -0.390 e. The number of aliphatic hydroxyl groups is 2. The fraction of sp³-hybridized carbons (Fsp3) is 0.900. The van der Waals surface area contributed by atoms with Crippen molar-refractivity contribution in [1.82, 2.24) is 0 Å². The maximum Gasteiger partial charge on any atom is 0.164 e. The molecule has 1 aliphatic heterocycles. The van der Waals surface area contributed by atoms with Gasteiger partial charge >= 0.3 is 0 Å². The first-order chi connectivity index (χ1) is 15.5. The Morgan fingerprint density at radius 3 is 2.24 bits per heavy atom. The van der Waals surface area contributed by atoms with E-state index in [2.05, 4.69) is 33.8 Å². The first-order valence-electron chi connectivity index (χ1n) is 13.8. The second-order valence-electron chi connectivity index (χ2n) is 14.2. The van der Waals surface area contributed by atoms with Crippen LogP contribution >= 0.6 is 0 Å². The molecule has 3 fully saturated rings. The Morgan fingerprint density at radius 2 is 1.56 bits per heavy atom. The largest absolute Gasteiger partial charge is 0.390 e. The Balaban J connectivity index is 1.60. The van der Waals surface area contributed by atoms with E-state index < -0.39 is 16.8 Å². The van der Waals surface area contributed by atoms with Crippen LogP contribution in [0.15, 0.2) is 11.6 Å². The van der Waals surface area contributed by atoms with Crippen LogP contribution in [-0.2, 0) is 9.53 Å². The van der Waals surface area contributed by atoms with E-state index in [0.29, 0.717) is 24.2 Å². The predicted octanol–water partition coefficient (Wildman–Crippen LogP) is 6.23. The molecule has 0 aromatic heterocycles. The van der Waals surface area contributed by atoms with Crippen molar-refractivity contribution in [3.63, 3.8) is 0 Å². The Hall–Kier alpha value is -0.710. The van der Waals surface area contributed by atoms with Gasteiger partial charge in [-0.2, -0.15) is 0 Å². The molecule has 3 aliphatic carbocycles. The van der Waals surface area contributed by atoms with Gasteiger partial charge in [0.25, 0.3) is 0 Å². The summed E-state index contributed by atoms with van der Waals surface area (Å²) in [5, 5.41) is 22.7. The second kappa shape index (κ2) is 8.42. The lowest BCUT2D eigenvalue weighted by atomic mass is 9.55. The Morgan fingerprint density at radius 1 is 0.912 bits per heavy atom. The Kier molecular flexibility index (Phi) is 6.52. The molecule has 3 unspecified atom stereocenters. The highest BCUT2D eigenvalue weighted by atomic mass is 16.5. The SMILES string of the molecule is CC1=CCC2C(CC[C@@]2(C)O)C(C)(C)[C@@H]1CC[C@H]1[C@@](C)(O)CCC2OC(C)(C)C(=O)CC[C@@]21C. The number of hydrogen-bond acceptors (Lipinski definition) is 4. The van der Waals surface area contributed by atoms with Gasteiger partial charge in [-0.1, -0.05) is 32.4 Å². The van der Waals surface area contributed by atoms with Gasteiger partial charge in [-0.05, 0) is 120 Å². The van der Waals surface area contributed by atoms with E-state index in [1.807, 2.05) is 27.7 Å². The third-order valence-electron chi connectivity index (χ3n) is 11.3. The molecule has 1 heterocycles. The molecule has 0 aromatic carbocycles. The number of ether oxygens (including phenoxy) is 1. The molecule has 0 aromatic rings. The average molecular weight is 475 g/mol. The van der Waals surface area contributed by atoms with Gasteiger partial charge in [0.2, 0.25) is 0 Å². The summed E-state index contributed by atoms with van der Waals surface area (Å²) in [4.78, 5) is 12.8. The number of Topliss-reactive ketones (excluding diaryl/α,β-unsaturated/α-hetero) is 1. The summed E-state index contributed by atoms with van der Waals surface area (Å²) in [7, 11) is 0. The van der Waals surface area contributed by atoms with E-state index in [0.717, 1.165) is 51.4 Å². The molecule has 0 amide bonds. The van der Waals surface area contributed by atoms with Crippen molar-refractivity contribution >= 4 is 5.78 Å². The lowest BCUT2D eigenvalue weighted by Crippen LogP contribution is -2.56. The highest BCUT2D eigenvalue weighted by molar-refractivity contribution is 5.86. The number of ketones is 1. The van der Waals surface area contributed by atoms with E-state index in [4.69, 9.17) is 4.74 Å². The smallest absolute Gasteiger partial charge is 0.164 e. The zero-order chi connectivity index (χ0) is 25.3.